The topological polar surface area (TPSA) is 83.6 Å². The Kier molecular flexibility index (Phi) is 4.18. The first-order valence-corrected chi connectivity index (χ1v) is 6.86. The highest BCUT2D eigenvalue weighted by molar-refractivity contribution is 6.31. The Morgan fingerprint density at radius 1 is 1.40 bits per heavy atom. The summed E-state index contributed by atoms with van der Waals surface area (Å²) in [5, 5.41) is 9.65. The number of hydrogen-bond donors (Lipinski definition) is 2. The lowest BCUT2D eigenvalue weighted by molar-refractivity contribution is -0.144. The van der Waals surface area contributed by atoms with Crippen molar-refractivity contribution < 1.29 is 14.7 Å². The second-order valence-electron chi connectivity index (χ2n) is 5.26. The maximum Gasteiger partial charge on any atom is 0.326 e. The van der Waals surface area contributed by atoms with E-state index in [2.05, 4.69) is 0 Å². The molecule has 20 heavy (non-hydrogen) atoms. The van der Waals surface area contributed by atoms with E-state index in [1.54, 1.807) is 6.07 Å². The number of carbonyl (C=O) groups excluding carboxylic acids is 1. The van der Waals surface area contributed by atoms with Crippen LogP contribution in [0, 0.1) is 5.92 Å². The molecule has 2 unspecified atom stereocenters. The number of rotatable bonds is 2. The Bertz CT molecular complexity index is 527. The van der Waals surface area contributed by atoms with Crippen molar-refractivity contribution in [3.05, 3.63) is 28.8 Å². The first-order valence-electron chi connectivity index (χ1n) is 6.48. The van der Waals surface area contributed by atoms with Crippen molar-refractivity contribution in [1.29, 1.82) is 0 Å². The number of nitrogen functional groups attached to an aromatic ring is 1. The normalized spacial score (nSPS) is 22.6. The number of carboxylic acids is 1. The Morgan fingerprint density at radius 3 is 2.70 bits per heavy atom. The van der Waals surface area contributed by atoms with Crippen molar-refractivity contribution in [3.63, 3.8) is 0 Å². The largest absolute Gasteiger partial charge is 0.480 e. The number of anilines is 1. The molecule has 1 heterocycles. The number of carboxylic acid groups (broad SMARTS) is 1. The van der Waals surface area contributed by atoms with Gasteiger partial charge < -0.3 is 15.7 Å². The molecule has 3 N–H and O–H groups in total. The second-order valence-corrected chi connectivity index (χ2v) is 5.69. The predicted molar refractivity (Wildman–Crippen MR) is 76.7 cm³/mol. The number of carbonyl (C=O) groups is 2. The number of piperidine rings is 1. The number of halogens is 1. The van der Waals surface area contributed by atoms with Crippen LogP contribution in [0.25, 0.3) is 0 Å². The molecule has 0 saturated carbocycles. The molecule has 0 bridgehead atoms. The Hall–Kier alpha value is -1.75. The minimum Gasteiger partial charge on any atom is -0.480 e. The molecule has 2 atom stereocenters. The molecule has 1 fully saturated rings. The van der Waals surface area contributed by atoms with Gasteiger partial charge in [0.2, 0.25) is 0 Å². The van der Waals surface area contributed by atoms with Crippen LogP contribution in [0.1, 0.15) is 30.1 Å². The molecule has 108 valence electrons. The van der Waals surface area contributed by atoms with E-state index in [1.165, 1.54) is 17.0 Å². The molecule has 0 radical (unpaired) electrons. The van der Waals surface area contributed by atoms with E-state index in [0.717, 1.165) is 6.42 Å². The van der Waals surface area contributed by atoms with E-state index >= 15 is 0 Å². The maximum atomic E-state index is 12.5. The number of amides is 1. The predicted octanol–water partition coefficient (Wildman–Crippen LogP) is 2.25. The molecule has 1 amide bonds. The van der Waals surface area contributed by atoms with Gasteiger partial charge in [0.25, 0.3) is 5.91 Å². The van der Waals surface area contributed by atoms with Crippen molar-refractivity contribution >= 4 is 29.2 Å². The molecule has 0 aromatic heterocycles. The summed E-state index contributed by atoms with van der Waals surface area (Å²) < 4.78 is 0. The summed E-state index contributed by atoms with van der Waals surface area (Å²) in [6.45, 7) is 2.43. The van der Waals surface area contributed by atoms with Gasteiger partial charge in [0.05, 0.1) is 0 Å². The minimum absolute atomic E-state index is 0.296. The molecule has 1 saturated heterocycles. The summed E-state index contributed by atoms with van der Waals surface area (Å²) in [6.07, 6.45) is 1.27. The van der Waals surface area contributed by atoms with E-state index in [9.17, 15) is 14.7 Å². The summed E-state index contributed by atoms with van der Waals surface area (Å²) >= 11 is 5.89. The second kappa shape index (κ2) is 5.71. The number of nitrogens with two attached hydrogens (primary N) is 1. The van der Waals surface area contributed by atoms with Gasteiger partial charge in [-0.15, -0.1) is 0 Å². The number of likely N-dealkylation sites (tertiary alicyclic amines) is 1. The summed E-state index contributed by atoms with van der Waals surface area (Å²) in [6, 6.07) is 3.79. The van der Waals surface area contributed by atoms with Crippen molar-refractivity contribution in [2.24, 2.45) is 5.92 Å². The Balaban J connectivity index is 2.28. The average Bonchev–Trinajstić information content (AvgIpc) is 2.36. The van der Waals surface area contributed by atoms with Crippen LogP contribution in [-0.4, -0.2) is 34.5 Å². The van der Waals surface area contributed by atoms with Gasteiger partial charge in [0, 0.05) is 22.8 Å². The van der Waals surface area contributed by atoms with Crippen LogP contribution >= 0.6 is 11.6 Å². The van der Waals surface area contributed by atoms with Crippen LogP contribution in [-0.2, 0) is 4.79 Å². The van der Waals surface area contributed by atoms with E-state index < -0.39 is 12.0 Å². The van der Waals surface area contributed by atoms with Crippen LogP contribution in [0.3, 0.4) is 0 Å². The molecule has 0 aliphatic carbocycles. The molecule has 1 aromatic rings. The highest BCUT2D eigenvalue weighted by Gasteiger charge is 2.35. The highest BCUT2D eigenvalue weighted by atomic mass is 35.5. The fourth-order valence-corrected chi connectivity index (χ4v) is 2.76. The fourth-order valence-electron chi connectivity index (χ4n) is 2.52. The number of aliphatic carboxylic acids is 1. The smallest absolute Gasteiger partial charge is 0.326 e. The SMILES string of the molecule is CC1CCN(C(=O)c2cc(N)cc(Cl)c2)C(C(=O)O)C1. The lowest BCUT2D eigenvalue weighted by Gasteiger charge is -2.36. The first kappa shape index (κ1) is 14.7. The summed E-state index contributed by atoms with van der Waals surface area (Å²) in [7, 11) is 0. The number of benzene rings is 1. The lowest BCUT2D eigenvalue weighted by Crippen LogP contribution is -2.49. The van der Waals surface area contributed by atoms with Gasteiger partial charge in [-0.1, -0.05) is 18.5 Å². The molecular weight excluding hydrogens is 280 g/mol. The average molecular weight is 297 g/mol. The van der Waals surface area contributed by atoms with Gasteiger partial charge in [0.15, 0.2) is 0 Å². The third-order valence-corrected chi connectivity index (χ3v) is 3.80. The van der Waals surface area contributed by atoms with Gasteiger partial charge in [-0.3, -0.25) is 4.79 Å². The van der Waals surface area contributed by atoms with Crippen LogP contribution in [0.4, 0.5) is 5.69 Å². The van der Waals surface area contributed by atoms with Crippen molar-refractivity contribution in [1.82, 2.24) is 4.90 Å². The standard InChI is InChI=1S/C14H17ClN2O3/c1-8-2-3-17(12(4-8)14(19)20)13(18)9-5-10(15)7-11(16)6-9/h5-8,12H,2-4,16H2,1H3,(H,19,20). The number of hydrogen-bond acceptors (Lipinski definition) is 3. The zero-order valence-electron chi connectivity index (χ0n) is 11.2. The Morgan fingerprint density at radius 2 is 2.10 bits per heavy atom. The zero-order chi connectivity index (χ0) is 14.9. The van der Waals surface area contributed by atoms with Crippen molar-refractivity contribution in [2.45, 2.75) is 25.8 Å². The van der Waals surface area contributed by atoms with Gasteiger partial charge in [-0.2, -0.15) is 0 Å². The molecular formula is C14H17ClN2O3. The monoisotopic (exact) mass is 296 g/mol. The zero-order valence-corrected chi connectivity index (χ0v) is 11.9. The third kappa shape index (κ3) is 3.04. The molecule has 1 aliphatic heterocycles. The molecule has 5 nitrogen and oxygen atoms in total. The molecule has 1 aromatic carbocycles. The van der Waals surface area contributed by atoms with Crippen LogP contribution < -0.4 is 5.73 Å². The molecule has 0 spiro atoms. The van der Waals surface area contributed by atoms with Gasteiger partial charge in [0.1, 0.15) is 6.04 Å². The van der Waals surface area contributed by atoms with E-state index in [-0.39, 0.29) is 5.91 Å². The molecule has 2 rings (SSSR count). The summed E-state index contributed by atoms with van der Waals surface area (Å²) in [5.41, 5.74) is 6.39. The molecule has 1 aliphatic rings. The van der Waals surface area contributed by atoms with Crippen LogP contribution in [0.5, 0.6) is 0 Å². The fraction of sp³-hybridized carbons (Fsp3) is 0.429. The van der Waals surface area contributed by atoms with Gasteiger partial charge >= 0.3 is 5.97 Å². The van der Waals surface area contributed by atoms with Gasteiger partial charge in [-0.25, -0.2) is 4.79 Å². The minimum atomic E-state index is -0.972. The van der Waals surface area contributed by atoms with Crippen molar-refractivity contribution in [2.75, 3.05) is 12.3 Å². The third-order valence-electron chi connectivity index (χ3n) is 3.58. The maximum absolute atomic E-state index is 12.5. The Labute approximate surface area is 122 Å². The molecule has 6 heteroatoms. The van der Waals surface area contributed by atoms with Crippen LogP contribution in [0.15, 0.2) is 18.2 Å². The van der Waals surface area contributed by atoms with E-state index in [4.69, 9.17) is 17.3 Å². The highest BCUT2D eigenvalue weighted by Crippen LogP contribution is 2.26. The first-order chi connectivity index (χ1) is 9.38. The van der Waals surface area contributed by atoms with E-state index in [0.29, 0.717) is 35.2 Å². The summed E-state index contributed by atoms with van der Waals surface area (Å²) in [4.78, 5) is 25.2. The van der Waals surface area contributed by atoms with E-state index in [1.807, 2.05) is 6.92 Å². The van der Waals surface area contributed by atoms with Crippen LogP contribution in [0.2, 0.25) is 5.02 Å². The van der Waals surface area contributed by atoms with Crippen molar-refractivity contribution in [3.8, 4) is 0 Å². The van der Waals surface area contributed by atoms with Gasteiger partial charge in [-0.05, 0) is 37.0 Å². The number of nitrogens with zero attached hydrogens (tertiary/aromatic N) is 1. The quantitative estimate of drug-likeness (QED) is 0.820. The lowest BCUT2D eigenvalue weighted by atomic mass is 9.92. The summed E-state index contributed by atoms with van der Waals surface area (Å²) in [5.74, 6) is -1.01.